The number of methoxy groups -OCH3 is 2. The number of rotatable bonds is 13. The molecule has 68 heavy (non-hydrogen) atoms. The average Bonchev–Trinajstić information content (AvgIpc) is 3.58. The Hall–Kier alpha value is -1.47. The van der Waals surface area contributed by atoms with E-state index in [1.165, 1.54) is 14.0 Å². The van der Waals surface area contributed by atoms with Crippen molar-refractivity contribution in [2.24, 2.45) is 34.5 Å². The number of ether oxygens (including phenoxy) is 11. The predicted molar refractivity (Wildman–Crippen MR) is 237 cm³/mol. The van der Waals surface area contributed by atoms with Gasteiger partial charge in [0.15, 0.2) is 31.3 Å². The Kier molecular flexibility index (Phi) is 16.2. The fourth-order valence-electron chi connectivity index (χ4n) is 14.0. The van der Waals surface area contributed by atoms with Gasteiger partial charge in [-0.3, -0.25) is 4.79 Å². The first-order valence-corrected chi connectivity index (χ1v) is 25.1. The quantitative estimate of drug-likeness (QED) is 0.102. The molecule has 7 N–H and O–H groups in total. The van der Waals surface area contributed by atoms with Gasteiger partial charge >= 0.3 is 5.97 Å². The number of aliphatic hydroxyl groups excluding tert-OH is 6. The first-order valence-electron chi connectivity index (χ1n) is 25.1. The standard InChI is InChI=1S/C49H80O19/c1-22-41(68-45-39(55)38(54)37(53)34(21-50)66-45)32(52)19-35(60-22)63-25(4)49(57)17-14-31-29-11-10-27-18-28(12-15-47(27,6)30(29)13-16-48(31,49)7)65-46-40(56)44(59-9)43(24(3)62-46)67-36-20-33(58-8)42(23(2)61-36)64-26(5)51/h10-11,22-25,27-46,50,52-57H,12-21H2,1-9H3/t22-,23+,24-,25+,27+,28+,29-,30+,31+,32-,33-,34-,35+,36+,37-,38+,39-,40-,41-,42-,43+,44-,45+,46+,47+,48+,49+/m1/s1. The van der Waals surface area contributed by atoms with Crippen LogP contribution in [0.5, 0.6) is 0 Å². The highest BCUT2D eigenvalue weighted by atomic mass is 16.8. The number of hydrogen-bond acceptors (Lipinski definition) is 19. The van der Waals surface area contributed by atoms with Crippen LogP contribution in [0, 0.1) is 34.5 Å². The van der Waals surface area contributed by atoms with Gasteiger partial charge in [0.05, 0.1) is 48.8 Å². The monoisotopic (exact) mass is 973 g/mol. The molecule has 8 rings (SSSR count). The van der Waals surface area contributed by atoms with Gasteiger partial charge in [0.2, 0.25) is 0 Å². The highest BCUT2D eigenvalue weighted by Crippen LogP contribution is 2.67. The first-order chi connectivity index (χ1) is 32.2. The van der Waals surface area contributed by atoms with Crippen LogP contribution in [0.25, 0.3) is 0 Å². The maximum absolute atomic E-state index is 12.7. The van der Waals surface area contributed by atoms with Gasteiger partial charge in [0.25, 0.3) is 0 Å². The molecule has 0 bridgehead atoms. The number of allylic oxidation sites excluding steroid dienone is 2. The topological polar surface area (TPSA) is 260 Å². The Morgan fingerprint density at radius 3 is 2.06 bits per heavy atom. The molecule has 0 spiro atoms. The third-order valence-corrected chi connectivity index (χ3v) is 18.0. The van der Waals surface area contributed by atoms with Crippen LogP contribution in [0.2, 0.25) is 0 Å². The molecular weight excluding hydrogens is 893 g/mol. The fraction of sp³-hybridized carbons (Fsp3) is 0.939. The Bertz CT molecular complexity index is 1730. The molecule has 3 saturated carbocycles. The van der Waals surface area contributed by atoms with Gasteiger partial charge in [-0.2, -0.15) is 0 Å². The summed E-state index contributed by atoms with van der Waals surface area (Å²) >= 11 is 0. The molecule has 0 aromatic carbocycles. The van der Waals surface area contributed by atoms with Crippen LogP contribution in [0.3, 0.4) is 0 Å². The zero-order chi connectivity index (χ0) is 49.2. The van der Waals surface area contributed by atoms with Crippen LogP contribution in [-0.4, -0.2) is 191 Å². The maximum Gasteiger partial charge on any atom is 0.303 e. The molecule has 4 saturated heterocycles. The van der Waals surface area contributed by atoms with E-state index in [1.807, 2.05) is 13.8 Å². The summed E-state index contributed by atoms with van der Waals surface area (Å²) in [6.07, 6.45) is -7.28. The van der Waals surface area contributed by atoms with Crippen molar-refractivity contribution >= 4 is 5.97 Å². The summed E-state index contributed by atoms with van der Waals surface area (Å²) in [5, 5.41) is 76.1. The summed E-state index contributed by atoms with van der Waals surface area (Å²) < 4.78 is 66.5. The highest BCUT2D eigenvalue weighted by Gasteiger charge is 2.66. The minimum atomic E-state index is -1.62. The van der Waals surface area contributed by atoms with Gasteiger partial charge in [-0.15, -0.1) is 0 Å². The van der Waals surface area contributed by atoms with E-state index in [9.17, 15) is 40.5 Å². The molecule has 19 heteroatoms. The van der Waals surface area contributed by atoms with Crippen LogP contribution in [0.1, 0.15) is 106 Å². The molecule has 19 nitrogen and oxygen atoms in total. The van der Waals surface area contributed by atoms with Crippen molar-refractivity contribution in [3.8, 4) is 0 Å². The number of hydrogen-bond donors (Lipinski definition) is 7. The van der Waals surface area contributed by atoms with Crippen molar-refractivity contribution < 1.29 is 92.6 Å². The Labute approximate surface area is 399 Å². The van der Waals surface area contributed by atoms with Crippen LogP contribution < -0.4 is 0 Å². The Morgan fingerprint density at radius 2 is 1.38 bits per heavy atom. The fourth-order valence-corrected chi connectivity index (χ4v) is 14.0. The van der Waals surface area contributed by atoms with Crippen LogP contribution in [0.15, 0.2) is 12.2 Å². The van der Waals surface area contributed by atoms with Gasteiger partial charge < -0.3 is 87.9 Å². The number of aliphatic hydroxyl groups is 7. The summed E-state index contributed by atoms with van der Waals surface area (Å²) in [4.78, 5) is 11.7. The van der Waals surface area contributed by atoms with Crippen molar-refractivity contribution in [1.29, 1.82) is 0 Å². The maximum atomic E-state index is 12.7. The third-order valence-electron chi connectivity index (χ3n) is 18.0. The zero-order valence-electron chi connectivity index (χ0n) is 41.1. The number of fused-ring (bicyclic) bond motifs is 5. The molecule has 4 aliphatic carbocycles. The van der Waals surface area contributed by atoms with Crippen LogP contribution in [0.4, 0.5) is 0 Å². The predicted octanol–water partition coefficient (Wildman–Crippen LogP) is 1.59. The van der Waals surface area contributed by atoms with Gasteiger partial charge in [-0.25, -0.2) is 0 Å². The summed E-state index contributed by atoms with van der Waals surface area (Å²) in [6.45, 7) is 12.6. The minimum absolute atomic E-state index is 0.0128. The lowest BCUT2D eigenvalue weighted by Crippen LogP contribution is -2.62. The van der Waals surface area contributed by atoms with Gasteiger partial charge in [0.1, 0.15) is 54.9 Å². The molecule has 0 aromatic heterocycles. The lowest BCUT2D eigenvalue weighted by Gasteiger charge is -2.60. The smallest absolute Gasteiger partial charge is 0.303 e. The molecule has 0 amide bonds. The van der Waals surface area contributed by atoms with E-state index in [-0.39, 0.29) is 35.7 Å². The van der Waals surface area contributed by atoms with E-state index in [0.29, 0.717) is 18.8 Å². The normalized spacial score (nSPS) is 53.2. The molecule has 0 aromatic rings. The van der Waals surface area contributed by atoms with E-state index in [0.717, 1.165) is 38.5 Å². The van der Waals surface area contributed by atoms with Crippen molar-refractivity contribution in [3.05, 3.63) is 12.2 Å². The highest BCUT2D eigenvalue weighted by molar-refractivity contribution is 5.66. The first kappa shape index (κ1) is 52.8. The van der Waals surface area contributed by atoms with Crippen molar-refractivity contribution in [1.82, 2.24) is 0 Å². The number of carbonyl (C=O) groups excluding carboxylic acids is 1. The zero-order valence-corrected chi connectivity index (χ0v) is 41.1. The average molecular weight is 973 g/mol. The second-order valence-corrected chi connectivity index (χ2v) is 21.7. The molecular formula is C49H80O19. The molecule has 27 atom stereocenters. The molecule has 4 heterocycles. The van der Waals surface area contributed by atoms with Crippen molar-refractivity contribution in [2.45, 2.75) is 235 Å². The minimum Gasteiger partial charge on any atom is -0.457 e. The molecule has 390 valence electrons. The number of carbonyl (C=O) groups is 1. The lowest BCUT2D eigenvalue weighted by molar-refractivity contribution is -0.347. The van der Waals surface area contributed by atoms with Crippen molar-refractivity contribution in [3.63, 3.8) is 0 Å². The largest absolute Gasteiger partial charge is 0.457 e. The Balaban J connectivity index is 0.857. The second kappa shape index (κ2) is 20.8. The van der Waals surface area contributed by atoms with Crippen LogP contribution >= 0.6 is 0 Å². The summed E-state index contributed by atoms with van der Waals surface area (Å²) in [7, 11) is 3.09. The Morgan fingerprint density at radius 1 is 0.706 bits per heavy atom. The molecule has 0 radical (unpaired) electrons. The van der Waals surface area contributed by atoms with E-state index in [2.05, 4.69) is 26.0 Å². The molecule has 8 aliphatic rings. The van der Waals surface area contributed by atoms with Gasteiger partial charge in [-0.05, 0) is 102 Å². The van der Waals surface area contributed by atoms with E-state index < -0.39 is 140 Å². The van der Waals surface area contributed by atoms with Gasteiger partial charge in [-0.1, -0.05) is 26.0 Å². The second-order valence-electron chi connectivity index (χ2n) is 21.7. The summed E-state index contributed by atoms with van der Waals surface area (Å²) in [5.41, 5.74) is -1.59. The lowest BCUT2D eigenvalue weighted by atomic mass is 9.46. The molecule has 7 fully saturated rings. The van der Waals surface area contributed by atoms with Crippen LogP contribution in [-0.2, 0) is 56.9 Å². The van der Waals surface area contributed by atoms with E-state index >= 15 is 0 Å². The van der Waals surface area contributed by atoms with Crippen molar-refractivity contribution in [2.75, 3.05) is 20.8 Å². The van der Waals surface area contributed by atoms with Gasteiger partial charge in [0, 0.05) is 39.4 Å². The SMILES string of the molecule is CO[C@@H]1[C@@H](O)[C@H](O[C@H]2CC[C@@]3(C)[C@@H](C=C[C@@H]4[C@@H]3CC[C@@]3(C)[C@H]4CC[C@]3(O)[C@H](C)O[C@H]3C[C@@H](O)[C@H](O[C@@H]4O[C@H](CO)[C@@H](O)[C@H](O)[C@H]4O)[C@@H](C)O3)C2)O[C@H](C)[C@@H]1O[C@H]1C[C@@H](OC)[C@H](OC(C)=O)[C@H](C)O1. The number of esters is 1. The summed E-state index contributed by atoms with van der Waals surface area (Å²) in [5.74, 6) is 0.735. The third kappa shape index (κ3) is 9.62. The molecule has 4 aliphatic heterocycles. The molecule has 0 unspecified atom stereocenters. The summed E-state index contributed by atoms with van der Waals surface area (Å²) in [6, 6.07) is 0. The van der Waals surface area contributed by atoms with E-state index in [1.54, 1.807) is 21.0 Å². The van der Waals surface area contributed by atoms with E-state index in [4.69, 9.17) is 52.1 Å².